The Morgan fingerprint density at radius 3 is 1.92 bits per heavy atom. The molecule has 6 aromatic carbocycles. The Hall–Kier alpha value is -6.32. The predicted molar refractivity (Wildman–Crippen MR) is 214 cm³/mol. The van der Waals surface area contributed by atoms with Gasteiger partial charge in [0.2, 0.25) is 0 Å². The second kappa shape index (κ2) is 11.1. The van der Waals surface area contributed by atoms with Crippen molar-refractivity contribution in [2.45, 2.75) is 25.6 Å². The zero-order valence-electron chi connectivity index (χ0n) is 56.7. The second-order valence-corrected chi connectivity index (χ2v) is 11.3. The fourth-order valence-electron chi connectivity index (χ4n) is 6.61. The van der Waals surface area contributed by atoms with E-state index in [0.717, 1.165) is 13.7 Å². The van der Waals surface area contributed by atoms with Crippen molar-refractivity contribution in [1.82, 2.24) is 13.7 Å². The summed E-state index contributed by atoms with van der Waals surface area (Å²) in [7, 11) is 0. The first-order valence-electron chi connectivity index (χ1n) is 31.1. The predicted octanol–water partition coefficient (Wildman–Crippen LogP) is 12.1. The fraction of sp³-hybridized carbons (Fsp3) is 0.0833. The van der Waals surface area contributed by atoms with Gasteiger partial charge in [-0.2, -0.15) is 0 Å². The number of nitrogens with zero attached hydrogens (tertiary/aromatic N) is 3. The molecule has 0 fully saturated rings. The average molecular weight is 685 g/mol. The normalized spacial score (nSPS) is 28.9. The number of hydrogen-bond donors (Lipinski definition) is 0. The number of allylic oxidation sites excluding steroid dienone is 2. The molecule has 3 heteroatoms. The van der Waals surface area contributed by atoms with Crippen LogP contribution in [0.5, 0.6) is 0 Å². The summed E-state index contributed by atoms with van der Waals surface area (Å²) in [6, 6.07) is -25.1. The van der Waals surface area contributed by atoms with Crippen LogP contribution in [0.15, 0.2) is 157 Å². The largest absolute Gasteiger partial charge is 0.313 e. The van der Waals surface area contributed by atoms with E-state index in [1.54, 1.807) is 0 Å². The van der Waals surface area contributed by atoms with Gasteiger partial charge in [-0.1, -0.05) is 109 Å². The van der Waals surface area contributed by atoms with Gasteiger partial charge in [0, 0.05) is 55.4 Å². The van der Waals surface area contributed by atoms with Crippen LogP contribution in [-0.2, 0) is 12.8 Å². The van der Waals surface area contributed by atoms with Crippen LogP contribution in [0, 0.1) is 0 Å². The van der Waals surface area contributed by atoms with Gasteiger partial charge in [0.05, 0.1) is 64.8 Å². The molecule has 3 aromatic heterocycles. The lowest BCUT2D eigenvalue weighted by Crippen LogP contribution is -2.09. The second-order valence-electron chi connectivity index (χ2n) is 11.3. The van der Waals surface area contributed by atoms with Gasteiger partial charge in [-0.15, -0.1) is 0 Å². The summed E-state index contributed by atoms with van der Waals surface area (Å²) in [4.78, 5) is 0. The van der Waals surface area contributed by atoms with Gasteiger partial charge in [-0.3, -0.25) is 0 Å². The molecule has 242 valence electrons. The highest BCUT2D eigenvalue weighted by molar-refractivity contribution is 6.13. The number of aryl methyl sites for hydroxylation is 1. The van der Waals surface area contributed by atoms with Crippen LogP contribution in [-0.4, -0.2) is 13.7 Å². The average Bonchev–Trinajstić information content (AvgIpc) is 2.22. The summed E-state index contributed by atoms with van der Waals surface area (Å²) in [5.41, 5.74) is -8.84. The van der Waals surface area contributed by atoms with Crippen LogP contribution < -0.4 is 0 Å². The molecule has 9 aromatic rings. The van der Waals surface area contributed by atoms with Crippen LogP contribution in [0.2, 0.25) is 0 Å². The maximum atomic E-state index is 10.1. The molecule has 0 saturated heterocycles. The van der Waals surface area contributed by atoms with Crippen molar-refractivity contribution in [2.24, 2.45) is 0 Å². The Labute approximate surface area is 340 Å². The number of hydrogen-bond acceptors (Lipinski definition) is 0. The molecular weight excluding hydrogens is 619 g/mol. The number of para-hydroxylation sites is 3. The van der Waals surface area contributed by atoms with E-state index in [9.17, 15) is 19.2 Å². The Morgan fingerprint density at radius 1 is 0.490 bits per heavy atom. The van der Waals surface area contributed by atoms with E-state index in [2.05, 4.69) is 0 Å². The molecule has 3 heterocycles. The molecule has 0 aliphatic heterocycles. The highest BCUT2D eigenvalue weighted by Gasteiger charge is 2.27. The molecule has 0 spiro atoms. The SMILES string of the molecule is [2H]C1=C([2H])C([2H])C([2H])c2c1n(-c1c([2H])c([2H])c3c(c1[2H])c1c([2H])c([2H])c([2H])c([2H])c1n3C1=C([2H])C([2H])C([2H])c3c1c1c([2H])c([2H])c([2H])c([2H])c1n3-c1c([2H])c([2H])c(-c3c([2H])c([2H])c([2H])c([2H])c3[2H])c([2H])c1[2H])c1c([2H])c([2H])c([2H])c([2H])c21. The van der Waals surface area contributed by atoms with Gasteiger partial charge < -0.3 is 13.7 Å². The standard InChI is InChI=1S/C48H35N3/c1-2-13-32(14-3-1)33-25-27-34(28-26-33)49-44-22-11-7-18-39(44)48-46(49)23-12-24-47(48)51-43-21-10-6-17-38(43)40-31-35(29-30-45(40)51)50-41-19-8-4-15-36(41)37-16-5-9-20-42(37)50/h1-4,6-11,13-15,17-22,24-31H,5,12,16,23H2/i1D,2D,3D,4D,5D,6D,7D,8D,9D,10D,11D,12D,13D,14D,15D,16D,17D,18D,19D,20D,21D,22D,23D,24D,25D,26D,27D,28D,29D,30D,31D. The molecule has 11 rings (SSSR count). The summed E-state index contributed by atoms with van der Waals surface area (Å²) in [5.74, 6) is 0. The van der Waals surface area contributed by atoms with Gasteiger partial charge in [-0.25, -0.2) is 0 Å². The number of rotatable bonds is 4. The van der Waals surface area contributed by atoms with Crippen molar-refractivity contribution >= 4 is 55.4 Å². The maximum absolute atomic E-state index is 10.1. The molecule has 0 radical (unpaired) electrons. The molecule has 0 amide bonds. The first kappa shape index (κ1) is 11.6. The summed E-state index contributed by atoms with van der Waals surface area (Å²) in [6.07, 6.45) is -7.90. The molecule has 4 unspecified atom stereocenters. The van der Waals surface area contributed by atoms with E-state index < -0.39 is 278 Å². The number of aromatic nitrogens is 3. The Morgan fingerprint density at radius 2 is 1.12 bits per heavy atom. The summed E-state index contributed by atoms with van der Waals surface area (Å²) in [5, 5.41) is -2.37. The lowest BCUT2D eigenvalue weighted by molar-refractivity contribution is 0.874. The smallest absolute Gasteiger partial charge is 0.0652 e. The van der Waals surface area contributed by atoms with Crippen LogP contribution in [0.4, 0.5) is 0 Å². The van der Waals surface area contributed by atoms with Gasteiger partial charge in [-0.05, 0) is 96.7 Å². The molecule has 3 nitrogen and oxygen atoms in total. The number of benzene rings is 6. The first-order chi connectivity index (χ1) is 38.2. The minimum Gasteiger partial charge on any atom is -0.313 e. The summed E-state index contributed by atoms with van der Waals surface area (Å²) in [6.45, 7) is 0. The zero-order valence-corrected chi connectivity index (χ0v) is 25.7. The third-order valence-electron chi connectivity index (χ3n) is 8.68. The van der Waals surface area contributed by atoms with Crippen LogP contribution in [0.25, 0.3) is 77.9 Å². The summed E-state index contributed by atoms with van der Waals surface area (Å²) >= 11 is 0. The first-order valence-corrected chi connectivity index (χ1v) is 15.3. The Bertz CT molecular complexity index is 4560. The number of fused-ring (bicyclic) bond motifs is 9. The molecule has 51 heavy (non-hydrogen) atoms. The third-order valence-corrected chi connectivity index (χ3v) is 8.68. The minimum absolute atomic E-state index is 0.366. The fourth-order valence-corrected chi connectivity index (χ4v) is 6.61. The van der Waals surface area contributed by atoms with Gasteiger partial charge in [0.15, 0.2) is 0 Å². The van der Waals surface area contributed by atoms with E-state index in [1.807, 2.05) is 0 Å². The van der Waals surface area contributed by atoms with Gasteiger partial charge in [0.25, 0.3) is 0 Å². The molecule has 0 N–H and O–H groups in total. The Balaban J connectivity index is 1.35. The highest BCUT2D eigenvalue weighted by Crippen LogP contribution is 2.43. The monoisotopic (exact) mass is 684 g/mol. The van der Waals surface area contributed by atoms with Crippen LogP contribution in [0.3, 0.4) is 0 Å². The van der Waals surface area contributed by atoms with E-state index >= 15 is 0 Å². The van der Waals surface area contributed by atoms with E-state index in [-0.39, 0.29) is 5.56 Å². The van der Waals surface area contributed by atoms with Crippen molar-refractivity contribution in [3.63, 3.8) is 0 Å². The van der Waals surface area contributed by atoms with E-state index in [1.165, 1.54) is 0 Å². The van der Waals surface area contributed by atoms with E-state index in [0.29, 0.717) is 0 Å². The van der Waals surface area contributed by atoms with E-state index in [4.69, 9.17) is 23.3 Å². The molecular formula is C48H35N3. The lowest BCUT2D eigenvalue weighted by Gasteiger charge is -2.20. The molecule has 0 saturated carbocycles. The zero-order chi connectivity index (χ0) is 60.4. The van der Waals surface area contributed by atoms with Crippen molar-refractivity contribution < 1.29 is 42.5 Å². The lowest BCUT2D eigenvalue weighted by atomic mass is 9.98. The maximum Gasteiger partial charge on any atom is 0.0652 e. The van der Waals surface area contributed by atoms with Gasteiger partial charge >= 0.3 is 0 Å². The Kier molecular flexibility index (Phi) is 2.53. The topological polar surface area (TPSA) is 14.8 Å². The molecule has 2 aliphatic carbocycles. The molecule has 0 bridgehead atoms. The van der Waals surface area contributed by atoms with Crippen molar-refractivity contribution in [3.05, 3.63) is 180 Å². The summed E-state index contributed by atoms with van der Waals surface area (Å²) < 4.78 is 284. The van der Waals surface area contributed by atoms with Crippen molar-refractivity contribution in [1.29, 1.82) is 0 Å². The molecule has 2 aliphatic rings. The quantitative estimate of drug-likeness (QED) is 0.175. The third kappa shape index (κ3) is 4.18. The van der Waals surface area contributed by atoms with Crippen LogP contribution >= 0.6 is 0 Å². The van der Waals surface area contributed by atoms with Gasteiger partial charge in [0.1, 0.15) is 0 Å². The van der Waals surface area contributed by atoms with Crippen molar-refractivity contribution in [2.75, 3.05) is 0 Å². The highest BCUT2D eigenvalue weighted by atomic mass is 15.0. The van der Waals surface area contributed by atoms with Crippen molar-refractivity contribution in [3.8, 4) is 22.5 Å². The molecule has 4 atom stereocenters. The van der Waals surface area contributed by atoms with Crippen LogP contribution in [0.1, 0.15) is 77.8 Å². The minimum atomic E-state index is -2.18.